The maximum absolute atomic E-state index is 11.3. The Kier molecular flexibility index (Phi) is 2.26. The van der Waals surface area contributed by atoms with Crippen LogP contribution in [0.5, 0.6) is 0 Å². The SMILES string of the molecule is CC1CCC(OO)C2C(=O)OCC12. The number of hydrogen-bond donors (Lipinski definition) is 1. The van der Waals surface area contributed by atoms with Crippen LogP contribution in [0.2, 0.25) is 0 Å². The minimum atomic E-state index is -0.351. The van der Waals surface area contributed by atoms with Crippen molar-refractivity contribution < 1.29 is 19.7 Å². The fourth-order valence-electron chi connectivity index (χ4n) is 2.44. The van der Waals surface area contributed by atoms with E-state index in [1.807, 2.05) is 0 Å². The zero-order valence-electron chi connectivity index (χ0n) is 7.60. The van der Waals surface area contributed by atoms with Gasteiger partial charge in [-0.3, -0.25) is 10.1 Å². The van der Waals surface area contributed by atoms with Gasteiger partial charge in [0.25, 0.3) is 0 Å². The number of ether oxygens (including phenoxy) is 1. The van der Waals surface area contributed by atoms with Crippen molar-refractivity contribution >= 4 is 5.97 Å². The van der Waals surface area contributed by atoms with Crippen molar-refractivity contribution in [3.8, 4) is 0 Å². The molecule has 4 heteroatoms. The van der Waals surface area contributed by atoms with Gasteiger partial charge in [0.15, 0.2) is 0 Å². The highest BCUT2D eigenvalue weighted by atomic mass is 17.1. The first kappa shape index (κ1) is 8.97. The molecule has 4 atom stereocenters. The van der Waals surface area contributed by atoms with Crippen LogP contribution in [0, 0.1) is 17.8 Å². The molecule has 0 aromatic heterocycles. The Labute approximate surface area is 76.8 Å². The first-order valence-electron chi connectivity index (χ1n) is 4.71. The van der Waals surface area contributed by atoms with E-state index in [0.717, 1.165) is 12.8 Å². The highest BCUT2D eigenvalue weighted by molar-refractivity contribution is 5.75. The van der Waals surface area contributed by atoms with Crippen molar-refractivity contribution in [3.63, 3.8) is 0 Å². The maximum Gasteiger partial charge on any atom is 0.312 e. The predicted molar refractivity (Wildman–Crippen MR) is 43.8 cm³/mol. The summed E-state index contributed by atoms with van der Waals surface area (Å²) in [4.78, 5) is 15.6. The molecule has 0 bridgehead atoms. The van der Waals surface area contributed by atoms with Crippen molar-refractivity contribution in [1.29, 1.82) is 0 Å². The summed E-state index contributed by atoms with van der Waals surface area (Å²) in [5.74, 6) is 0.269. The molecule has 1 saturated heterocycles. The molecule has 0 radical (unpaired) electrons. The van der Waals surface area contributed by atoms with Gasteiger partial charge in [0.05, 0.1) is 12.5 Å². The van der Waals surface area contributed by atoms with Gasteiger partial charge in [0, 0.05) is 5.92 Å². The first-order chi connectivity index (χ1) is 6.24. The molecule has 1 aliphatic heterocycles. The van der Waals surface area contributed by atoms with Crippen molar-refractivity contribution in [1.82, 2.24) is 0 Å². The summed E-state index contributed by atoms with van der Waals surface area (Å²) in [5.41, 5.74) is 0. The van der Waals surface area contributed by atoms with Crippen molar-refractivity contribution in [2.24, 2.45) is 17.8 Å². The molecule has 1 aliphatic carbocycles. The van der Waals surface area contributed by atoms with E-state index in [1.165, 1.54) is 0 Å². The second kappa shape index (κ2) is 3.27. The Bertz CT molecular complexity index is 216. The van der Waals surface area contributed by atoms with Crippen LogP contribution in [0.1, 0.15) is 19.8 Å². The highest BCUT2D eigenvalue weighted by Crippen LogP contribution is 2.40. The van der Waals surface area contributed by atoms with Gasteiger partial charge in [0.1, 0.15) is 6.10 Å². The molecule has 1 saturated carbocycles. The molecular weight excluding hydrogens is 172 g/mol. The van der Waals surface area contributed by atoms with Gasteiger partial charge in [0.2, 0.25) is 0 Å². The Hall–Kier alpha value is -0.610. The summed E-state index contributed by atoms with van der Waals surface area (Å²) in [5, 5.41) is 8.63. The summed E-state index contributed by atoms with van der Waals surface area (Å²) in [6.45, 7) is 2.61. The Balaban J connectivity index is 2.16. The van der Waals surface area contributed by atoms with E-state index in [1.54, 1.807) is 0 Å². The van der Waals surface area contributed by atoms with Crippen LogP contribution >= 0.6 is 0 Å². The minimum absolute atomic E-state index is 0.212. The maximum atomic E-state index is 11.3. The monoisotopic (exact) mass is 186 g/mol. The van der Waals surface area contributed by atoms with E-state index in [4.69, 9.17) is 9.99 Å². The Morgan fingerprint density at radius 3 is 3.00 bits per heavy atom. The van der Waals surface area contributed by atoms with Gasteiger partial charge in [-0.15, -0.1) is 0 Å². The van der Waals surface area contributed by atoms with Crippen LogP contribution in [-0.2, 0) is 14.4 Å². The van der Waals surface area contributed by atoms with E-state index in [0.29, 0.717) is 12.5 Å². The number of carbonyl (C=O) groups excluding carboxylic acids is 1. The third-order valence-corrected chi connectivity index (χ3v) is 3.32. The fraction of sp³-hybridized carbons (Fsp3) is 0.889. The van der Waals surface area contributed by atoms with E-state index >= 15 is 0 Å². The molecule has 2 fully saturated rings. The summed E-state index contributed by atoms with van der Waals surface area (Å²) in [7, 11) is 0. The molecule has 0 aromatic carbocycles. The summed E-state index contributed by atoms with van der Waals surface area (Å²) >= 11 is 0. The molecule has 0 aromatic rings. The van der Waals surface area contributed by atoms with Gasteiger partial charge in [-0.25, -0.2) is 4.89 Å². The summed E-state index contributed by atoms with van der Waals surface area (Å²) in [6.07, 6.45) is 1.38. The second-order valence-corrected chi connectivity index (χ2v) is 4.02. The van der Waals surface area contributed by atoms with E-state index in [2.05, 4.69) is 11.8 Å². The fourth-order valence-corrected chi connectivity index (χ4v) is 2.44. The quantitative estimate of drug-likeness (QED) is 0.378. The van der Waals surface area contributed by atoms with Crippen molar-refractivity contribution in [2.75, 3.05) is 6.61 Å². The standard InChI is InChI=1S/C9H14O4/c1-5-2-3-7(13-11)8-6(5)4-12-9(8)10/h5-8,11H,2-4H2,1H3. The topological polar surface area (TPSA) is 55.8 Å². The number of hydrogen-bond acceptors (Lipinski definition) is 4. The number of esters is 1. The highest BCUT2D eigenvalue weighted by Gasteiger charge is 2.48. The van der Waals surface area contributed by atoms with Gasteiger partial charge in [-0.1, -0.05) is 6.92 Å². The average Bonchev–Trinajstić information content (AvgIpc) is 2.51. The van der Waals surface area contributed by atoms with Crippen LogP contribution in [0.4, 0.5) is 0 Å². The number of rotatable bonds is 1. The average molecular weight is 186 g/mol. The summed E-state index contributed by atoms with van der Waals surface area (Å²) < 4.78 is 4.97. The number of carbonyl (C=O) groups is 1. The molecule has 2 aliphatic rings. The van der Waals surface area contributed by atoms with Crippen molar-refractivity contribution in [2.45, 2.75) is 25.9 Å². The Morgan fingerprint density at radius 1 is 1.54 bits per heavy atom. The zero-order valence-corrected chi connectivity index (χ0v) is 7.60. The summed E-state index contributed by atoms with van der Waals surface area (Å²) in [6, 6.07) is 0. The third kappa shape index (κ3) is 1.34. The molecule has 74 valence electrons. The first-order valence-corrected chi connectivity index (χ1v) is 4.71. The van der Waals surface area contributed by atoms with Gasteiger partial charge in [-0.05, 0) is 18.8 Å². The second-order valence-electron chi connectivity index (χ2n) is 4.02. The molecule has 2 rings (SSSR count). The molecule has 4 nitrogen and oxygen atoms in total. The lowest BCUT2D eigenvalue weighted by Crippen LogP contribution is -2.39. The molecule has 0 spiro atoms. The molecule has 1 heterocycles. The molecular formula is C9H14O4. The van der Waals surface area contributed by atoms with Crippen LogP contribution < -0.4 is 0 Å². The lowest BCUT2D eigenvalue weighted by atomic mass is 9.73. The third-order valence-electron chi connectivity index (χ3n) is 3.32. The predicted octanol–water partition coefficient (Wildman–Crippen LogP) is 1.06. The smallest absolute Gasteiger partial charge is 0.312 e. The van der Waals surface area contributed by atoms with E-state index < -0.39 is 0 Å². The molecule has 1 N–H and O–H groups in total. The molecule has 0 amide bonds. The largest absolute Gasteiger partial charge is 0.465 e. The van der Waals surface area contributed by atoms with E-state index in [9.17, 15) is 4.79 Å². The minimum Gasteiger partial charge on any atom is -0.465 e. The Morgan fingerprint density at radius 2 is 2.31 bits per heavy atom. The van der Waals surface area contributed by atoms with Crippen LogP contribution in [-0.4, -0.2) is 23.9 Å². The van der Waals surface area contributed by atoms with E-state index in [-0.39, 0.29) is 23.9 Å². The van der Waals surface area contributed by atoms with Crippen molar-refractivity contribution in [3.05, 3.63) is 0 Å². The number of fused-ring (bicyclic) bond motifs is 1. The van der Waals surface area contributed by atoms with Gasteiger partial charge in [-0.2, -0.15) is 0 Å². The lowest BCUT2D eigenvalue weighted by Gasteiger charge is -2.32. The molecule has 4 unspecified atom stereocenters. The van der Waals surface area contributed by atoms with Gasteiger partial charge >= 0.3 is 5.97 Å². The normalized spacial score (nSPS) is 44.3. The molecule has 13 heavy (non-hydrogen) atoms. The zero-order chi connectivity index (χ0) is 9.42. The lowest BCUT2D eigenvalue weighted by molar-refractivity contribution is -0.296. The van der Waals surface area contributed by atoms with Crippen LogP contribution in [0.25, 0.3) is 0 Å². The number of cyclic esters (lactones) is 1. The van der Waals surface area contributed by atoms with Crippen LogP contribution in [0.15, 0.2) is 0 Å². The van der Waals surface area contributed by atoms with Gasteiger partial charge < -0.3 is 4.74 Å². The van der Waals surface area contributed by atoms with Crippen LogP contribution in [0.3, 0.4) is 0 Å².